The zero-order chi connectivity index (χ0) is 24.7. The zero-order valence-corrected chi connectivity index (χ0v) is 18.6. The highest BCUT2D eigenvalue weighted by Crippen LogP contribution is 2.46. The van der Waals surface area contributed by atoms with Crippen molar-refractivity contribution >= 4 is 17.5 Å². The molecule has 10 heteroatoms. The molecule has 2 N–H and O–H groups in total. The van der Waals surface area contributed by atoms with Gasteiger partial charge in [0, 0.05) is 43.0 Å². The van der Waals surface area contributed by atoms with Gasteiger partial charge in [-0.1, -0.05) is 6.07 Å². The summed E-state index contributed by atoms with van der Waals surface area (Å²) in [6.07, 6.45) is -3.65. The van der Waals surface area contributed by atoms with Crippen LogP contribution in [0.5, 0.6) is 0 Å². The van der Waals surface area contributed by atoms with E-state index in [1.807, 2.05) is 4.90 Å². The molecule has 3 heterocycles. The summed E-state index contributed by atoms with van der Waals surface area (Å²) in [5.74, 6) is -1.30. The third kappa shape index (κ3) is 4.30. The normalized spacial score (nSPS) is 19.8. The van der Waals surface area contributed by atoms with Gasteiger partial charge in [-0.25, -0.2) is 4.98 Å². The number of carbonyl (C=O) groups excluding carboxylic acids is 2. The monoisotopic (exact) mass is 471 g/mol. The molecule has 1 spiro atoms. The number of primary amides is 1. The van der Waals surface area contributed by atoms with Gasteiger partial charge in [-0.15, -0.1) is 0 Å². The molecule has 1 atom stereocenters. The molecule has 2 aliphatic rings. The van der Waals surface area contributed by atoms with Crippen molar-refractivity contribution < 1.29 is 22.8 Å². The lowest BCUT2D eigenvalue weighted by molar-refractivity contribution is -0.137. The number of hydrogen-bond donors (Lipinski definition) is 1. The average Bonchev–Trinajstić information content (AvgIpc) is 3.17. The Bertz CT molecular complexity index is 1170. The predicted octanol–water partition coefficient (Wildman–Crippen LogP) is 3.12. The molecule has 178 valence electrons. The van der Waals surface area contributed by atoms with Gasteiger partial charge in [0.1, 0.15) is 5.69 Å². The Hall–Kier alpha value is -3.61. The summed E-state index contributed by atoms with van der Waals surface area (Å²) in [4.78, 5) is 33.1. The molecule has 0 bridgehead atoms. The van der Waals surface area contributed by atoms with E-state index in [2.05, 4.69) is 4.98 Å². The van der Waals surface area contributed by atoms with E-state index in [0.717, 1.165) is 6.07 Å². The van der Waals surface area contributed by atoms with Gasteiger partial charge >= 0.3 is 6.18 Å². The number of likely N-dealkylation sites (tertiary alicyclic amines) is 1. The van der Waals surface area contributed by atoms with Crippen molar-refractivity contribution in [2.75, 3.05) is 31.1 Å². The molecule has 34 heavy (non-hydrogen) atoms. The Kier molecular flexibility index (Phi) is 5.98. The average molecular weight is 471 g/mol. The fourth-order valence-electron chi connectivity index (χ4n) is 5.12. The van der Waals surface area contributed by atoms with Gasteiger partial charge in [-0.2, -0.15) is 18.4 Å². The third-order valence-electron chi connectivity index (χ3n) is 6.94. The van der Waals surface area contributed by atoms with Crippen molar-refractivity contribution in [3.05, 3.63) is 58.9 Å². The number of nitrogens with zero attached hydrogens (tertiary/aromatic N) is 4. The molecule has 2 amide bonds. The highest BCUT2D eigenvalue weighted by atomic mass is 19.4. The van der Waals surface area contributed by atoms with Crippen LogP contribution >= 0.6 is 0 Å². The highest BCUT2D eigenvalue weighted by molar-refractivity contribution is 5.93. The van der Waals surface area contributed by atoms with Crippen LogP contribution in [0.4, 0.5) is 18.9 Å². The van der Waals surface area contributed by atoms with Crippen molar-refractivity contribution in [1.29, 1.82) is 5.26 Å². The van der Waals surface area contributed by atoms with Crippen LogP contribution in [0.15, 0.2) is 36.4 Å². The van der Waals surface area contributed by atoms with Crippen LogP contribution in [0, 0.1) is 29.6 Å². The van der Waals surface area contributed by atoms with Crippen LogP contribution in [0.1, 0.15) is 40.2 Å². The summed E-state index contributed by atoms with van der Waals surface area (Å²) < 4.78 is 40.1. The van der Waals surface area contributed by atoms with E-state index in [0.29, 0.717) is 49.6 Å². The molecule has 2 saturated heterocycles. The van der Waals surface area contributed by atoms with Gasteiger partial charge in [0.05, 0.1) is 23.1 Å². The molecule has 2 aromatic rings. The number of aryl methyl sites for hydroxylation is 1. The van der Waals surface area contributed by atoms with Gasteiger partial charge < -0.3 is 15.5 Å². The van der Waals surface area contributed by atoms with Gasteiger partial charge in [0.2, 0.25) is 5.91 Å². The maximum atomic E-state index is 13.4. The van der Waals surface area contributed by atoms with E-state index >= 15 is 0 Å². The second kappa shape index (κ2) is 8.63. The largest absolute Gasteiger partial charge is 0.417 e. The maximum Gasteiger partial charge on any atom is 0.417 e. The Balaban J connectivity index is 1.54. The summed E-state index contributed by atoms with van der Waals surface area (Å²) >= 11 is 0. The van der Waals surface area contributed by atoms with Gasteiger partial charge in [0.25, 0.3) is 5.91 Å². The number of nitriles is 1. The van der Waals surface area contributed by atoms with E-state index in [4.69, 9.17) is 11.0 Å². The zero-order valence-electron chi connectivity index (χ0n) is 18.6. The molecule has 7 nitrogen and oxygen atoms in total. The molecule has 2 aliphatic heterocycles. The number of amides is 2. The number of alkyl halides is 3. The molecule has 1 aromatic heterocycles. The Morgan fingerprint density at radius 1 is 1.21 bits per heavy atom. The minimum atomic E-state index is -4.63. The van der Waals surface area contributed by atoms with Crippen LogP contribution < -0.4 is 10.6 Å². The minimum absolute atomic E-state index is 0.193. The molecule has 0 saturated carbocycles. The lowest BCUT2D eigenvalue weighted by atomic mass is 9.70. The number of piperidine rings is 1. The van der Waals surface area contributed by atoms with Crippen LogP contribution in [0.2, 0.25) is 0 Å². The van der Waals surface area contributed by atoms with Crippen LogP contribution in [-0.4, -0.2) is 47.9 Å². The van der Waals surface area contributed by atoms with E-state index in [9.17, 15) is 22.8 Å². The maximum absolute atomic E-state index is 13.4. The Labute approximate surface area is 195 Å². The van der Waals surface area contributed by atoms with Crippen LogP contribution in [0.25, 0.3) is 0 Å². The number of benzene rings is 1. The molecule has 1 unspecified atom stereocenters. The standard InChI is InChI=1S/C24H24F3N5O2/c1-15-3-2-4-20(30-15)22(34)32-13-19(21(29)33)23(14-32)7-9-31(10-8-23)17-6-5-16(12-28)18(11-17)24(25,26)27/h2-6,11,19H,7-10,13-14H2,1H3,(H2,29,33). The summed E-state index contributed by atoms with van der Waals surface area (Å²) in [6.45, 7) is 3.12. The first-order valence-electron chi connectivity index (χ1n) is 10.9. The Morgan fingerprint density at radius 3 is 2.50 bits per heavy atom. The van der Waals surface area contributed by atoms with Crippen molar-refractivity contribution in [3.63, 3.8) is 0 Å². The smallest absolute Gasteiger partial charge is 0.371 e. The number of pyridine rings is 1. The van der Waals surface area contributed by atoms with E-state index in [-0.39, 0.29) is 12.5 Å². The number of halogens is 3. The molecule has 0 aliphatic carbocycles. The van der Waals surface area contributed by atoms with Gasteiger partial charge in [0.15, 0.2) is 0 Å². The fraction of sp³-hybridized carbons (Fsp3) is 0.417. The van der Waals surface area contributed by atoms with Crippen LogP contribution in [-0.2, 0) is 11.0 Å². The van der Waals surface area contributed by atoms with E-state index in [1.165, 1.54) is 12.1 Å². The predicted molar refractivity (Wildman–Crippen MR) is 118 cm³/mol. The molecule has 4 rings (SSSR count). The first-order valence-corrected chi connectivity index (χ1v) is 10.9. The number of carbonyl (C=O) groups is 2. The number of anilines is 1. The SMILES string of the molecule is Cc1cccc(C(=O)N2CC(C(N)=O)C3(CCN(c4ccc(C#N)c(C(F)(F)F)c4)CC3)C2)n1. The molecular weight excluding hydrogens is 447 g/mol. The Morgan fingerprint density at radius 2 is 1.91 bits per heavy atom. The van der Waals surface area contributed by atoms with Gasteiger partial charge in [-0.3, -0.25) is 9.59 Å². The summed E-state index contributed by atoms with van der Waals surface area (Å²) in [5.41, 5.74) is 5.16. The summed E-state index contributed by atoms with van der Waals surface area (Å²) in [6, 6.07) is 10.4. The lowest BCUT2D eigenvalue weighted by Crippen LogP contribution is -2.47. The second-order valence-corrected chi connectivity index (χ2v) is 8.99. The van der Waals surface area contributed by atoms with E-state index < -0.39 is 34.5 Å². The number of aromatic nitrogens is 1. The summed E-state index contributed by atoms with van der Waals surface area (Å²) in [7, 11) is 0. The van der Waals surface area contributed by atoms with Crippen molar-refractivity contribution in [2.45, 2.75) is 25.9 Å². The first-order chi connectivity index (χ1) is 16.0. The molecule has 2 fully saturated rings. The highest BCUT2D eigenvalue weighted by Gasteiger charge is 2.52. The summed E-state index contributed by atoms with van der Waals surface area (Å²) in [5, 5.41) is 9.03. The quantitative estimate of drug-likeness (QED) is 0.741. The number of nitrogens with two attached hydrogens (primary N) is 1. The first kappa shape index (κ1) is 23.5. The third-order valence-corrected chi connectivity index (χ3v) is 6.94. The topological polar surface area (TPSA) is 103 Å². The minimum Gasteiger partial charge on any atom is -0.371 e. The van der Waals surface area contributed by atoms with E-state index in [1.54, 1.807) is 36.1 Å². The molecule has 0 radical (unpaired) electrons. The van der Waals surface area contributed by atoms with Crippen molar-refractivity contribution in [2.24, 2.45) is 17.1 Å². The molecular formula is C24H24F3N5O2. The van der Waals surface area contributed by atoms with Gasteiger partial charge in [-0.05, 0) is 50.1 Å². The van der Waals surface area contributed by atoms with Crippen LogP contribution in [0.3, 0.4) is 0 Å². The second-order valence-electron chi connectivity index (χ2n) is 8.99. The number of hydrogen-bond acceptors (Lipinski definition) is 5. The van der Waals surface area contributed by atoms with Crippen molar-refractivity contribution in [3.8, 4) is 6.07 Å². The fourth-order valence-corrected chi connectivity index (χ4v) is 5.12. The van der Waals surface area contributed by atoms with Crippen molar-refractivity contribution in [1.82, 2.24) is 9.88 Å². The number of rotatable bonds is 3. The molecule has 1 aromatic carbocycles. The lowest BCUT2D eigenvalue weighted by Gasteiger charge is -2.42.